The largest absolute Gasteiger partial charge is 0.476 e. The Hall–Kier alpha value is -2.74. The predicted molar refractivity (Wildman–Crippen MR) is 76.3 cm³/mol. The summed E-state index contributed by atoms with van der Waals surface area (Å²) < 4.78 is 0. The van der Waals surface area contributed by atoms with E-state index in [1.807, 2.05) is 0 Å². The molecule has 3 rings (SSSR count). The molecular formula is C13H10N4O3S. The number of nitrogens with one attached hydrogen (secondary N) is 2. The zero-order chi connectivity index (χ0) is 14.8. The number of rotatable bonds is 4. The van der Waals surface area contributed by atoms with Crippen LogP contribution in [0, 0.1) is 0 Å². The summed E-state index contributed by atoms with van der Waals surface area (Å²) in [6, 6.07) is 5.19. The van der Waals surface area contributed by atoms with Crippen LogP contribution in [0.3, 0.4) is 0 Å². The van der Waals surface area contributed by atoms with Gasteiger partial charge in [-0.2, -0.15) is 0 Å². The molecule has 0 saturated carbocycles. The Bertz CT molecular complexity index is 824. The number of hydrogen-bond donors (Lipinski definition) is 3. The lowest BCUT2D eigenvalue weighted by Crippen LogP contribution is -2.23. The second-order valence-electron chi connectivity index (χ2n) is 4.22. The number of H-pyrrole nitrogens is 1. The third-order valence-electron chi connectivity index (χ3n) is 2.81. The van der Waals surface area contributed by atoms with Gasteiger partial charge < -0.3 is 15.4 Å². The second-order valence-corrected chi connectivity index (χ2v) is 5.16. The molecule has 3 aromatic rings. The topological polar surface area (TPSA) is 108 Å². The summed E-state index contributed by atoms with van der Waals surface area (Å²) >= 11 is 1.19. The average Bonchev–Trinajstić information content (AvgIpc) is 3.12. The normalized spacial score (nSPS) is 10.7. The van der Waals surface area contributed by atoms with Crippen LogP contribution in [0.2, 0.25) is 0 Å². The number of carbonyl (C=O) groups is 2. The van der Waals surface area contributed by atoms with Crippen LogP contribution >= 0.6 is 11.3 Å². The van der Waals surface area contributed by atoms with Crippen molar-refractivity contribution in [3.8, 4) is 0 Å². The summed E-state index contributed by atoms with van der Waals surface area (Å²) in [5, 5.41) is 13.4. The van der Waals surface area contributed by atoms with E-state index in [0.29, 0.717) is 16.2 Å². The number of thiazole rings is 1. The molecule has 0 unspecified atom stereocenters. The molecule has 0 atom stereocenters. The average molecular weight is 302 g/mol. The summed E-state index contributed by atoms with van der Waals surface area (Å²) in [5.74, 6) is -1.41. The highest BCUT2D eigenvalue weighted by molar-refractivity contribution is 7.09. The minimum Gasteiger partial charge on any atom is -0.476 e. The first-order valence-corrected chi connectivity index (χ1v) is 6.91. The number of carboxylic acids is 1. The number of aromatic nitrogens is 3. The number of fused-ring (bicyclic) bond motifs is 1. The minimum atomic E-state index is -1.08. The zero-order valence-corrected chi connectivity index (χ0v) is 11.5. The molecule has 21 heavy (non-hydrogen) atoms. The van der Waals surface area contributed by atoms with Crippen molar-refractivity contribution in [2.24, 2.45) is 0 Å². The van der Waals surface area contributed by atoms with Crippen molar-refractivity contribution in [2.45, 2.75) is 6.54 Å². The molecule has 7 nitrogen and oxygen atoms in total. The number of pyridine rings is 1. The molecule has 0 spiro atoms. The van der Waals surface area contributed by atoms with Crippen LogP contribution < -0.4 is 5.32 Å². The van der Waals surface area contributed by atoms with Gasteiger partial charge in [0.2, 0.25) is 0 Å². The number of carboxylic acid groups (broad SMARTS) is 1. The molecule has 8 heteroatoms. The van der Waals surface area contributed by atoms with E-state index in [1.54, 1.807) is 24.4 Å². The number of aromatic amines is 1. The third kappa shape index (κ3) is 2.75. The highest BCUT2D eigenvalue weighted by Gasteiger charge is 2.11. The fourth-order valence-electron chi connectivity index (χ4n) is 1.80. The van der Waals surface area contributed by atoms with Crippen molar-refractivity contribution in [3.05, 3.63) is 46.2 Å². The van der Waals surface area contributed by atoms with Gasteiger partial charge in [-0.05, 0) is 18.2 Å². The summed E-state index contributed by atoms with van der Waals surface area (Å²) in [6.45, 7) is 0.170. The van der Waals surface area contributed by atoms with Crippen molar-refractivity contribution in [2.75, 3.05) is 0 Å². The summed E-state index contributed by atoms with van der Waals surface area (Å²) in [6.07, 6.45) is 1.75. The second kappa shape index (κ2) is 5.33. The first-order chi connectivity index (χ1) is 10.1. The Kier molecular flexibility index (Phi) is 3.36. The first-order valence-electron chi connectivity index (χ1n) is 6.03. The van der Waals surface area contributed by atoms with Crippen LogP contribution in [-0.4, -0.2) is 31.9 Å². The highest BCUT2D eigenvalue weighted by Crippen LogP contribution is 2.11. The number of nitrogens with zero attached hydrogens (tertiary/aromatic N) is 2. The Balaban J connectivity index is 1.69. The van der Waals surface area contributed by atoms with Gasteiger partial charge in [0.15, 0.2) is 5.69 Å². The Morgan fingerprint density at radius 1 is 1.24 bits per heavy atom. The molecule has 0 aliphatic heterocycles. The lowest BCUT2D eigenvalue weighted by atomic mass is 10.3. The first kappa shape index (κ1) is 13.3. The number of amides is 1. The van der Waals surface area contributed by atoms with Crippen molar-refractivity contribution in [3.63, 3.8) is 0 Å². The van der Waals surface area contributed by atoms with E-state index in [4.69, 9.17) is 5.11 Å². The maximum Gasteiger partial charge on any atom is 0.355 e. The van der Waals surface area contributed by atoms with Crippen molar-refractivity contribution in [1.29, 1.82) is 0 Å². The van der Waals surface area contributed by atoms with E-state index in [2.05, 4.69) is 20.3 Å². The van der Waals surface area contributed by atoms with Gasteiger partial charge in [0.1, 0.15) is 10.7 Å². The minimum absolute atomic E-state index is 0.0175. The van der Waals surface area contributed by atoms with Gasteiger partial charge in [0, 0.05) is 11.6 Å². The Morgan fingerprint density at radius 2 is 2.10 bits per heavy atom. The van der Waals surface area contributed by atoms with E-state index in [-0.39, 0.29) is 18.1 Å². The third-order valence-corrected chi connectivity index (χ3v) is 3.66. The SMILES string of the molecule is O=C(O)c1csc(CNC(=O)c2ccc3[nH]ccc3n2)n1. The van der Waals surface area contributed by atoms with Crippen LogP contribution in [0.1, 0.15) is 26.0 Å². The Morgan fingerprint density at radius 3 is 2.86 bits per heavy atom. The molecule has 0 aliphatic rings. The van der Waals surface area contributed by atoms with Gasteiger partial charge in [-0.1, -0.05) is 0 Å². The highest BCUT2D eigenvalue weighted by atomic mass is 32.1. The van der Waals surface area contributed by atoms with E-state index in [0.717, 1.165) is 5.52 Å². The lowest BCUT2D eigenvalue weighted by Gasteiger charge is -2.02. The molecule has 0 aromatic carbocycles. The van der Waals surface area contributed by atoms with Gasteiger partial charge in [-0.3, -0.25) is 4.79 Å². The predicted octanol–water partition coefficient (Wildman–Crippen LogP) is 1.65. The van der Waals surface area contributed by atoms with Crippen LogP contribution in [0.5, 0.6) is 0 Å². The standard InChI is InChI=1S/C13H10N4O3S/c18-12(9-2-1-7-8(16-9)3-4-14-7)15-5-11-17-10(6-21-11)13(19)20/h1-4,6,14H,5H2,(H,15,18)(H,19,20). The van der Waals surface area contributed by atoms with Crippen LogP contribution in [0.25, 0.3) is 11.0 Å². The number of hydrogen-bond acceptors (Lipinski definition) is 5. The van der Waals surface area contributed by atoms with Crippen molar-refractivity contribution < 1.29 is 14.7 Å². The smallest absolute Gasteiger partial charge is 0.355 e. The molecule has 0 fully saturated rings. The summed E-state index contributed by atoms with van der Waals surface area (Å²) in [4.78, 5) is 33.8. The van der Waals surface area contributed by atoms with Gasteiger partial charge in [0.05, 0.1) is 17.6 Å². The molecule has 3 aromatic heterocycles. The lowest BCUT2D eigenvalue weighted by molar-refractivity contribution is 0.0691. The molecule has 106 valence electrons. The zero-order valence-electron chi connectivity index (χ0n) is 10.7. The van der Waals surface area contributed by atoms with Gasteiger partial charge in [-0.25, -0.2) is 14.8 Å². The maximum atomic E-state index is 12.0. The van der Waals surface area contributed by atoms with Crippen molar-refractivity contribution >= 4 is 34.2 Å². The fourth-order valence-corrected chi connectivity index (χ4v) is 2.51. The van der Waals surface area contributed by atoms with Crippen molar-refractivity contribution in [1.82, 2.24) is 20.3 Å². The van der Waals surface area contributed by atoms with E-state index < -0.39 is 5.97 Å². The quantitative estimate of drug-likeness (QED) is 0.679. The monoisotopic (exact) mass is 302 g/mol. The maximum absolute atomic E-state index is 12.0. The van der Waals surface area contributed by atoms with Gasteiger partial charge >= 0.3 is 5.97 Å². The molecule has 1 amide bonds. The number of carbonyl (C=O) groups excluding carboxylic acids is 1. The van der Waals surface area contributed by atoms with Gasteiger partial charge in [0.25, 0.3) is 5.91 Å². The van der Waals surface area contributed by atoms with E-state index in [9.17, 15) is 9.59 Å². The van der Waals surface area contributed by atoms with E-state index >= 15 is 0 Å². The molecule has 0 saturated heterocycles. The van der Waals surface area contributed by atoms with Crippen LogP contribution in [0.15, 0.2) is 29.8 Å². The van der Waals surface area contributed by atoms with Gasteiger partial charge in [-0.15, -0.1) is 11.3 Å². The molecule has 3 heterocycles. The molecule has 0 bridgehead atoms. The molecule has 0 aliphatic carbocycles. The molecule has 3 N–H and O–H groups in total. The number of aromatic carboxylic acids is 1. The Labute approximate surface area is 122 Å². The summed E-state index contributed by atoms with van der Waals surface area (Å²) in [5.41, 5.74) is 1.86. The van der Waals surface area contributed by atoms with Crippen LogP contribution in [-0.2, 0) is 6.54 Å². The van der Waals surface area contributed by atoms with E-state index in [1.165, 1.54) is 16.7 Å². The molecule has 0 radical (unpaired) electrons. The molecular weight excluding hydrogens is 292 g/mol. The summed E-state index contributed by atoms with van der Waals surface area (Å²) in [7, 11) is 0. The van der Waals surface area contributed by atoms with Crippen LogP contribution in [0.4, 0.5) is 0 Å². The fraction of sp³-hybridized carbons (Fsp3) is 0.0769.